The Morgan fingerprint density at radius 1 is 1.05 bits per heavy atom. The van der Waals surface area contributed by atoms with E-state index in [1.807, 2.05) is 55.5 Å². The second-order valence-corrected chi connectivity index (χ2v) is 9.78. The largest absolute Gasteiger partial charge is 0.493 e. The maximum absolute atomic E-state index is 12.4. The molecule has 0 aliphatic heterocycles. The summed E-state index contributed by atoms with van der Waals surface area (Å²) in [6, 6.07) is 15.4. The van der Waals surface area contributed by atoms with Gasteiger partial charge in [-0.1, -0.05) is 49.9 Å². The standard InChI is InChI=1S/C30H36N2O5/c1-21-27(32-30(37-21)24-9-3-2-4-10-24)17-18-36-26-14-12-23(13-16-29(34)35)25(19-26)20-31-28(33)15-11-22-7-5-6-8-22/h2-4,9-10,12,14,19,22H,5-8,11,13,15-18,20H2,1H3,(H,31,33)(H,34,35). The van der Waals surface area contributed by atoms with Gasteiger partial charge in [0.15, 0.2) is 0 Å². The lowest BCUT2D eigenvalue weighted by Gasteiger charge is -2.14. The number of oxazole rings is 1. The van der Waals surface area contributed by atoms with Crippen molar-refractivity contribution in [2.75, 3.05) is 6.61 Å². The van der Waals surface area contributed by atoms with Crippen LogP contribution in [0, 0.1) is 12.8 Å². The second kappa shape index (κ2) is 13.1. The van der Waals surface area contributed by atoms with Crippen LogP contribution in [0.15, 0.2) is 52.9 Å². The van der Waals surface area contributed by atoms with Crippen molar-refractivity contribution in [3.05, 3.63) is 71.1 Å². The number of nitrogens with zero attached hydrogens (tertiary/aromatic N) is 1. The average molecular weight is 505 g/mol. The summed E-state index contributed by atoms with van der Waals surface area (Å²) < 4.78 is 11.8. The summed E-state index contributed by atoms with van der Waals surface area (Å²) in [4.78, 5) is 28.2. The summed E-state index contributed by atoms with van der Waals surface area (Å²) in [5.41, 5.74) is 3.58. The van der Waals surface area contributed by atoms with Gasteiger partial charge < -0.3 is 19.6 Å². The van der Waals surface area contributed by atoms with Crippen LogP contribution in [0.5, 0.6) is 5.75 Å². The van der Waals surface area contributed by atoms with Crippen molar-refractivity contribution in [3.63, 3.8) is 0 Å². The van der Waals surface area contributed by atoms with Crippen molar-refractivity contribution in [2.45, 2.75) is 71.3 Å². The molecule has 0 bridgehead atoms. The molecule has 196 valence electrons. The van der Waals surface area contributed by atoms with Gasteiger partial charge in [0.1, 0.15) is 11.5 Å². The van der Waals surface area contributed by atoms with Gasteiger partial charge in [-0.3, -0.25) is 9.59 Å². The van der Waals surface area contributed by atoms with Crippen LogP contribution in [-0.2, 0) is 29.0 Å². The van der Waals surface area contributed by atoms with Crippen molar-refractivity contribution in [2.24, 2.45) is 5.92 Å². The van der Waals surface area contributed by atoms with Crippen LogP contribution in [0.2, 0.25) is 0 Å². The molecule has 0 radical (unpaired) electrons. The molecule has 7 nitrogen and oxygen atoms in total. The summed E-state index contributed by atoms with van der Waals surface area (Å²) >= 11 is 0. The van der Waals surface area contributed by atoms with Gasteiger partial charge in [-0.15, -0.1) is 0 Å². The van der Waals surface area contributed by atoms with Crippen LogP contribution in [0.1, 0.15) is 67.5 Å². The van der Waals surface area contributed by atoms with Crippen molar-refractivity contribution < 1.29 is 23.8 Å². The number of carboxylic acid groups (broad SMARTS) is 1. The molecule has 0 unspecified atom stereocenters. The number of aryl methyl sites for hydroxylation is 2. The first-order chi connectivity index (χ1) is 18.0. The lowest BCUT2D eigenvalue weighted by Crippen LogP contribution is -2.23. The Bertz CT molecular complexity index is 1180. The maximum Gasteiger partial charge on any atom is 0.303 e. The lowest BCUT2D eigenvalue weighted by molar-refractivity contribution is -0.137. The number of amides is 1. The highest BCUT2D eigenvalue weighted by Crippen LogP contribution is 2.28. The average Bonchev–Trinajstić information content (AvgIpc) is 3.56. The highest BCUT2D eigenvalue weighted by atomic mass is 16.5. The van der Waals surface area contributed by atoms with Crippen LogP contribution in [-0.4, -0.2) is 28.6 Å². The van der Waals surface area contributed by atoms with E-state index in [2.05, 4.69) is 10.3 Å². The fourth-order valence-electron chi connectivity index (χ4n) is 4.89. The molecule has 1 saturated carbocycles. The number of benzene rings is 2. The number of carbonyl (C=O) groups is 2. The SMILES string of the molecule is Cc1oc(-c2ccccc2)nc1CCOc1ccc(CCC(=O)O)c(CNC(=O)CCC2CCCC2)c1. The monoisotopic (exact) mass is 504 g/mol. The Morgan fingerprint density at radius 3 is 2.59 bits per heavy atom. The van der Waals surface area contributed by atoms with Crippen LogP contribution in [0.4, 0.5) is 0 Å². The first-order valence-corrected chi connectivity index (χ1v) is 13.2. The van der Waals surface area contributed by atoms with E-state index in [0.717, 1.165) is 34.6 Å². The zero-order chi connectivity index (χ0) is 26.0. The van der Waals surface area contributed by atoms with Gasteiger partial charge in [0, 0.05) is 31.4 Å². The fraction of sp³-hybridized carbons (Fsp3) is 0.433. The summed E-state index contributed by atoms with van der Waals surface area (Å²) in [6.07, 6.45) is 7.52. The van der Waals surface area contributed by atoms with Gasteiger partial charge >= 0.3 is 5.97 Å². The molecule has 1 aliphatic carbocycles. The molecule has 1 amide bonds. The smallest absolute Gasteiger partial charge is 0.303 e. The minimum atomic E-state index is -0.843. The molecule has 2 aromatic carbocycles. The predicted molar refractivity (Wildman–Crippen MR) is 141 cm³/mol. The number of carbonyl (C=O) groups excluding carboxylic acids is 1. The molecule has 0 saturated heterocycles. The molecular formula is C30H36N2O5. The Hall–Kier alpha value is -3.61. The zero-order valence-electron chi connectivity index (χ0n) is 21.5. The van der Waals surface area contributed by atoms with E-state index < -0.39 is 5.97 Å². The number of aromatic nitrogens is 1. The van der Waals surface area contributed by atoms with Gasteiger partial charge in [0.05, 0.1) is 12.3 Å². The van der Waals surface area contributed by atoms with Crippen molar-refractivity contribution >= 4 is 11.9 Å². The van der Waals surface area contributed by atoms with Gasteiger partial charge in [-0.25, -0.2) is 4.98 Å². The fourth-order valence-corrected chi connectivity index (χ4v) is 4.89. The lowest BCUT2D eigenvalue weighted by atomic mass is 10.0. The Labute approximate surface area is 218 Å². The van der Waals surface area contributed by atoms with E-state index in [0.29, 0.717) is 50.0 Å². The number of carboxylic acids is 1. The van der Waals surface area contributed by atoms with E-state index >= 15 is 0 Å². The summed E-state index contributed by atoms with van der Waals surface area (Å²) in [7, 11) is 0. The normalized spacial score (nSPS) is 13.5. The third-order valence-electron chi connectivity index (χ3n) is 7.04. The molecule has 3 aromatic rings. The molecule has 37 heavy (non-hydrogen) atoms. The number of nitrogens with one attached hydrogen (secondary N) is 1. The quantitative estimate of drug-likeness (QED) is 0.302. The summed E-state index contributed by atoms with van der Waals surface area (Å²) in [5, 5.41) is 12.1. The minimum absolute atomic E-state index is 0.0397. The number of hydrogen-bond donors (Lipinski definition) is 2. The van der Waals surface area contributed by atoms with Crippen LogP contribution >= 0.6 is 0 Å². The molecule has 0 atom stereocenters. The minimum Gasteiger partial charge on any atom is -0.493 e. The van der Waals surface area contributed by atoms with E-state index in [9.17, 15) is 9.59 Å². The van der Waals surface area contributed by atoms with Crippen LogP contribution in [0.25, 0.3) is 11.5 Å². The van der Waals surface area contributed by atoms with E-state index in [1.54, 1.807) is 0 Å². The maximum atomic E-state index is 12.4. The van der Waals surface area contributed by atoms with Crippen molar-refractivity contribution in [1.82, 2.24) is 10.3 Å². The second-order valence-electron chi connectivity index (χ2n) is 9.78. The zero-order valence-corrected chi connectivity index (χ0v) is 21.5. The van der Waals surface area contributed by atoms with Gasteiger partial charge in [-0.05, 0) is 61.1 Å². The molecule has 1 heterocycles. The summed E-state index contributed by atoms with van der Waals surface area (Å²) in [5.74, 6) is 1.92. The van der Waals surface area contributed by atoms with Crippen molar-refractivity contribution in [1.29, 1.82) is 0 Å². The van der Waals surface area contributed by atoms with E-state index in [-0.39, 0.29) is 12.3 Å². The van der Waals surface area contributed by atoms with Crippen LogP contribution < -0.4 is 10.1 Å². The third kappa shape index (κ3) is 7.94. The number of aliphatic carboxylic acids is 1. The Balaban J connectivity index is 1.34. The van der Waals surface area contributed by atoms with Gasteiger partial charge in [0.2, 0.25) is 11.8 Å². The Morgan fingerprint density at radius 2 is 1.84 bits per heavy atom. The molecular weight excluding hydrogens is 468 g/mol. The first-order valence-electron chi connectivity index (χ1n) is 13.2. The molecule has 0 spiro atoms. The third-order valence-corrected chi connectivity index (χ3v) is 7.04. The van der Waals surface area contributed by atoms with E-state index in [1.165, 1.54) is 25.7 Å². The van der Waals surface area contributed by atoms with Crippen molar-refractivity contribution in [3.8, 4) is 17.2 Å². The highest BCUT2D eigenvalue weighted by Gasteiger charge is 2.17. The number of rotatable bonds is 13. The first kappa shape index (κ1) is 26.5. The molecule has 1 aromatic heterocycles. The molecule has 4 rings (SSSR count). The summed E-state index contributed by atoms with van der Waals surface area (Å²) in [6.45, 7) is 2.68. The number of hydrogen-bond acceptors (Lipinski definition) is 5. The molecule has 1 fully saturated rings. The Kier molecular flexibility index (Phi) is 9.35. The topological polar surface area (TPSA) is 102 Å². The van der Waals surface area contributed by atoms with E-state index in [4.69, 9.17) is 14.3 Å². The van der Waals surface area contributed by atoms with Gasteiger partial charge in [-0.2, -0.15) is 0 Å². The molecule has 2 N–H and O–H groups in total. The van der Waals surface area contributed by atoms with Gasteiger partial charge in [0.25, 0.3) is 0 Å². The molecule has 1 aliphatic rings. The molecule has 7 heteroatoms. The number of ether oxygens (including phenoxy) is 1. The highest BCUT2D eigenvalue weighted by molar-refractivity contribution is 5.76. The van der Waals surface area contributed by atoms with Crippen LogP contribution in [0.3, 0.4) is 0 Å². The predicted octanol–water partition coefficient (Wildman–Crippen LogP) is 5.88.